The van der Waals surface area contributed by atoms with Crippen molar-refractivity contribution in [3.8, 4) is 56.9 Å². The molecule has 404 valence electrons. The van der Waals surface area contributed by atoms with Gasteiger partial charge in [-0.25, -0.2) is 24.9 Å². The minimum Gasteiger partial charge on any atom is -0.344 e. The van der Waals surface area contributed by atoms with Crippen molar-refractivity contribution in [3.63, 3.8) is 0 Å². The normalized spacial score (nSPS) is 13.5. The predicted molar refractivity (Wildman–Crippen MR) is 350 cm³/mol. The van der Waals surface area contributed by atoms with Crippen LogP contribution in [-0.4, -0.2) is 44.9 Å². The van der Waals surface area contributed by atoms with Crippen LogP contribution in [0.25, 0.3) is 123 Å². The standard InChI is InChI=1S/C76H50N10/c1-5-24-49(25-6-1)69-77-70(50-26-7-2-8-27-50)80-73(79-69)53-32-21-34-55(46-53)83-63-42-17-13-38-59(63)67-61-40-15-19-44-65(61)85(75(67)83)57-36-23-37-58(48-57)86-66-45-20-16-41-62(66)68-60-39-14-18-43-64(60)84(76(68)86)56-35-22-33-54(47-56)74-81-71(51-28-9-3-10-29-51)78-72(82-74)52-30-11-4-12-31-52/h1-48,73H,(H,77,79,80). The SMILES string of the molecule is c1ccc(C2=NC(c3cccc(-n4c5ccccc5c5c6ccccc6n(-c6cccc(-n7c8ccccc8c8c9ccccc9n(-c9cccc(-c%10nc(-c%11ccccc%11)nc(-c%11ccccc%11)n%10)c9)c87)c6)c54)c3)NC(c3ccccc3)=N2)cc1. The molecular formula is C76H50N10. The van der Waals surface area contributed by atoms with Crippen molar-refractivity contribution < 1.29 is 0 Å². The van der Waals surface area contributed by atoms with Gasteiger partial charge in [-0.15, -0.1) is 0 Å². The van der Waals surface area contributed by atoms with E-state index in [4.69, 9.17) is 24.9 Å². The summed E-state index contributed by atoms with van der Waals surface area (Å²) in [6.45, 7) is 0. The molecule has 0 bridgehead atoms. The summed E-state index contributed by atoms with van der Waals surface area (Å²) in [6.07, 6.45) is -0.409. The van der Waals surface area contributed by atoms with E-state index in [1.807, 2.05) is 97.1 Å². The number of nitrogens with one attached hydrogen (secondary N) is 1. The number of fused-ring (bicyclic) bond motifs is 10. The van der Waals surface area contributed by atoms with Crippen molar-refractivity contribution in [3.05, 3.63) is 308 Å². The number of hydrogen-bond donors (Lipinski definition) is 1. The Morgan fingerprint density at radius 1 is 0.291 bits per heavy atom. The summed E-state index contributed by atoms with van der Waals surface area (Å²) in [7, 11) is 0. The highest BCUT2D eigenvalue weighted by molar-refractivity contribution is 6.24. The van der Waals surface area contributed by atoms with Crippen molar-refractivity contribution in [2.75, 3.05) is 0 Å². The summed E-state index contributed by atoms with van der Waals surface area (Å²) >= 11 is 0. The molecule has 86 heavy (non-hydrogen) atoms. The second-order valence-electron chi connectivity index (χ2n) is 21.7. The van der Waals surface area contributed by atoms with Crippen molar-refractivity contribution in [1.82, 2.24) is 38.5 Å². The lowest BCUT2D eigenvalue weighted by Gasteiger charge is -2.24. The summed E-state index contributed by atoms with van der Waals surface area (Å²) in [4.78, 5) is 25.7. The zero-order valence-corrected chi connectivity index (χ0v) is 46.3. The zero-order valence-electron chi connectivity index (χ0n) is 46.3. The van der Waals surface area contributed by atoms with E-state index < -0.39 is 6.17 Å². The molecule has 1 N–H and O–H groups in total. The van der Waals surface area contributed by atoms with Crippen LogP contribution < -0.4 is 5.32 Å². The van der Waals surface area contributed by atoms with Crippen molar-refractivity contribution in [2.24, 2.45) is 9.98 Å². The Morgan fingerprint density at radius 3 is 1.10 bits per heavy atom. The molecule has 10 nitrogen and oxygen atoms in total. The quantitative estimate of drug-likeness (QED) is 0.148. The van der Waals surface area contributed by atoms with E-state index in [1.165, 1.54) is 26.9 Å². The van der Waals surface area contributed by atoms with E-state index in [9.17, 15) is 0 Å². The molecule has 0 amide bonds. The number of para-hydroxylation sites is 4. The van der Waals surface area contributed by atoms with E-state index in [0.717, 1.165) is 101 Å². The Bertz CT molecular complexity index is 5320. The van der Waals surface area contributed by atoms with Gasteiger partial charge >= 0.3 is 0 Å². The number of nitrogens with zero attached hydrogens (tertiary/aromatic N) is 9. The van der Waals surface area contributed by atoms with Crippen LogP contribution in [0.15, 0.2) is 301 Å². The van der Waals surface area contributed by atoms with Gasteiger partial charge in [-0.3, -0.25) is 18.3 Å². The first-order valence-corrected chi connectivity index (χ1v) is 28.9. The third kappa shape index (κ3) is 7.99. The van der Waals surface area contributed by atoms with Crippen LogP contribution in [0.3, 0.4) is 0 Å². The molecule has 5 aromatic heterocycles. The maximum Gasteiger partial charge on any atom is 0.164 e. The molecule has 1 atom stereocenters. The molecule has 16 aromatic rings. The summed E-state index contributed by atoms with van der Waals surface area (Å²) < 4.78 is 9.75. The molecule has 0 radical (unpaired) electrons. The minimum absolute atomic E-state index is 0.409. The Balaban J connectivity index is 0.854. The molecule has 10 heteroatoms. The van der Waals surface area contributed by atoms with Crippen molar-refractivity contribution in [2.45, 2.75) is 6.17 Å². The molecule has 17 rings (SSSR count). The van der Waals surface area contributed by atoms with Gasteiger partial charge in [-0.2, -0.15) is 0 Å². The number of aromatic nitrogens is 7. The smallest absolute Gasteiger partial charge is 0.164 e. The van der Waals surface area contributed by atoms with Gasteiger partial charge in [0.25, 0.3) is 0 Å². The number of rotatable bonds is 10. The minimum atomic E-state index is -0.409. The average Bonchev–Trinajstić information content (AvgIpc) is 1.65. The third-order valence-electron chi connectivity index (χ3n) is 16.6. The first-order chi connectivity index (χ1) is 42.7. The van der Waals surface area contributed by atoms with Crippen LogP contribution in [0.2, 0.25) is 0 Å². The summed E-state index contributed by atoms with van der Waals surface area (Å²) in [6, 6.07) is 102. The lowest BCUT2D eigenvalue weighted by Crippen LogP contribution is -2.33. The molecule has 0 fully saturated rings. The number of benzene rings is 11. The van der Waals surface area contributed by atoms with Gasteiger partial charge in [-0.1, -0.05) is 224 Å². The molecule has 1 unspecified atom stereocenters. The first kappa shape index (κ1) is 48.9. The van der Waals surface area contributed by atoms with Crippen molar-refractivity contribution >= 4 is 77.3 Å². The number of amidine groups is 2. The van der Waals surface area contributed by atoms with Gasteiger partial charge in [0, 0.05) is 82.9 Å². The fraction of sp³-hybridized carbons (Fsp3) is 0.0132. The van der Waals surface area contributed by atoms with Gasteiger partial charge in [0.05, 0.1) is 22.1 Å². The van der Waals surface area contributed by atoms with Crippen LogP contribution in [-0.2, 0) is 0 Å². The van der Waals surface area contributed by atoms with Crippen LogP contribution >= 0.6 is 0 Å². The van der Waals surface area contributed by atoms with E-state index in [-0.39, 0.29) is 0 Å². The van der Waals surface area contributed by atoms with Crippen molar-refractivity contribution in [1.29, 1.82) is 0 Å². The summed E-state index contributed by atoms with van der Waals surface area (Å²) in [5.41, 5.74) is 16.3. The van der Waals surface area contributed by atoms with Crippen LogP contribution in [0.1, 0.15) is 22.9 Å². The zero-order chi connectivity index (χ0) is 56.7. The van der Waals surface area contributed by atoms with E-state index in [1.54, 1.807) is 0 Å². The Morgan fingerprint density at radius 2 is 0.640 bits per heavy atom. The lowest BCUT2D eigenvalue weighted by molar-refractivity contribution is 0.673. The fourth-order valence-corrected chi connectivity index (χ4v) is 12.8. The lowest BCUT2D eigenvalue weighted by atomic mass is 10.1. The number of aliphatic imine (C=N–C) groups is 2. The van der Waals surface area contributed by atoms with E-state index >= 15 is 0 Å². The second kappa shape index (κ2) is 20.0. The fourth-order valence-electron chi connectivity index (χ4n) is 12.8. The van der Waals surface area contributed by atoms with Crippen LogP contribution in [0, 0.1) is 0 Å². The molecule has 6 heterocycles. The first-order valence-electron chi connectivity index (χ1n) is 28.9. The Hall–Kier alpha value is -11.8. The van der Waals surface area contributed by atoms with E-state index in [0.29, 0.717) is 23.3 Å². The summed E-state index contributed by atoms with van der Waals surface area (Å²) in [5.74, 6) is 3.29. The average molecular weight is 1100 g/mol. The molecule has 0 saturated carbocycles. The van der Waals surface area contributed by atoms with Gasteiger partial charge in [-0.05, 0) is 72.3 Å². The molecule has 0 spiro atoms. The third-order valence-corrected chi connectivity index (χ3v) is 16.6. The maximum atomic E-state index is 5.30. The van der Waals surface area contributed by atoms with Gasteiger partial charge < -0.3 is 5.32 Å². The molecule has 0 saturated heterocycles. The van der Waals surface area contributed by atoms with Gasteiger partial charge in [0.15, 0.2) is 23.3 Å². The molecular weight excluding hydrogens is 1050 g/mol. The van der Waals surface area contributed by atoms with E-state index in [2.05, 4.69) is 218 Å². The highest BCUT2D eigenvalue weighted by atomic mass is 15.2. The largest absolute Gasteiger partial charge is 0.344 e. The van der Waals surface area contributed by atoms with Crippen LogP contribution in [0.4, 0.5) is 0 Å². The molecule has 1 aliphatic rings. The predicted octanol–water partition coefficient (Wildman–Crippen LogP) is 17.4. The summed E-state index contributed by atoms with van der Waals surface area (Å²) in [5, 5.41) is 10.8. The van der Waals surface area contributed by atoms with Crippen LogP contribution in [0.5, 0.6) is 0 Å². The monoisotopic (exact) mass is 1100 g/mol. The van der Waals surface area contributed by atoms with Gasteiger partial charge in [0.1, 0.15) is 23.3 Å². The molecule has 0 aliphatic carbocycles. The molecule has 11 aromatic carbocycles. The Kier molecular flexibility index (Phi) is 11.4. The number of hydrogen-bond acceptors (Lipinski definition) is 6. The van der Waals surface area contributed by atoms with Gasteiger partial charge in [0.2, 0.25) is 0 Å². The highest BCUT2D eigenvalue weighted by Gasteiger charge is 2.27. The highest BCUT2D eigenvalue weighted by Crippen LogP contribution is 2.44. The Labute approximate surface area is 494 Å². The second-order valence-corrected chi connectivity index (χ2v) is 21.7. The topological polar surface area (TPSA) is 95.1 Å². The maximum absolute atomic E-state index is 5.30. The molecule has 1 aliphatic heterocycles.